The monoisotopic (exact) mass is 376 g/mol. The zero-order chi connectivity index (χ0) is 19.6. The zero-order valence-corrected chi connectivity index (χ0v) is 15.4. The molecule has 1 aromatic rings. The van der Waals surface area contributed by atoms with Crippen LogP contribution in [0.2, 0.25) is 0 Å². The zero-order valence-electron chi connectivity index (χ0n) is 15.4. The van der Waals surface area contributed by atoms with E-state index in [1.165, 1.54) is 6.42 Å². The quantitative estimate of drug-likeness (QED) is 0.567. The first-order valence-corrected chi connectivity index (χ1v) is 9.44. The van der Waals surface area contributed by atoms with Crippen molar-refractivity contribution < 1.29 is 24.2 Å². The van der Waals surface area contributed by atoms with Gasteiger partial charge in [-0.3, -0.25) is 9.59 Å². The summed E-state index contributed by atoms with van der Waals surface area (Å²) in [4.78, 5) is 35.5. The first-order chi connectivity index (χ1) is 13.0. The van der Waals surface area contributed by atoms with Crippen LogP contribution in [0.4, 0.5) is 0 Å². The summed E-state index contributed by atoms with van der Waals surface area (Å²) in [5.41, 5.74) is 6.60. The van der Waals surface area contributed by atoms with Crippen LogP contribution >= 0.6 is 0 Å². The number of carbonyl (C=O) groups excluding carboxylic acids is 2. The van der Waals surface area contributed by atoms with E-state index in [2.05, 4.69) is 5.32 Å². The van der Waals surface area contributed by atoms with Crippen LogP contribution in [-0.2, 0) is 25.7 Å². The second-order valence-electron chi connectivity index (χ2n) is 7.10. The number of nitrogens with two attached hydrogens (primary N) is 1. The van der Waals surface area contributed by atoms with Crippen molar-refractivity contribution in [2.75, 3.05) is 0 Å². The van der Waals surface area contributed by atoms with Crippen LogP contribution in [0, 0.1) is 5.92 Å². The molecule has 0 radical (unpaired) electrons. The molecule has 7 heteroatoms. The predicted molar refractivity (Wildman–Crippen MR) is 99.6 cm³/mol. The average Bonchev–Trinajstić information content (AvgIpc) is 2.67. The number of aliphatic carboxylic acids is 1. The SMILES string of the molecule is N[C@@H](CC(=O)OCc1ccccc1)C(=O)N[C@H](CC1CCCCC1)C(=O)O. The van der Waals surface area contributed by atoms with E-state index in [1.807, 2.05) is 30.3 Å². The van der Waals surface area contributed by atoms with Crippen molar-refractivity contribution in [3.05, 3.63) is 35.9 Å². The normalized spacial score (nSPS) is 16.9. The summed E-state index contributed by atoms with van der Waals surface area (Å²) in [6.07, 6.45) is 5.43. The standard InChI is InChI=1S/C20H28N2O5/c21-16(12-18(23)27-13-15-9-5-2-6-10-15)19(24)22-17(20(25)26)11-14-7-3-1-4-8-14/h2,5-6,9-10,14,16-17H,1,3-4,7-8,11-13,21H2,(H,22,24)(H,25,26)/t16-,17+/m0/s1. The molecular formula is C20H28N2O5. The van der Waals surface area contributed by atoms with Gasteiger partial charge in [-0.25, -0.2) is 4.79 Å². The number of hydrogen-bond acceptors (Lipinski definition) is 5. The highest BCUT2D eigenvalue weighted by molar-refractivity contribution is 5.89. The largest absolute Gasteiger partial charge is 0.480 e. The molecule has 0 unspecified atom stereocenters. The summed E-state index contributed by atoms with van der Waals surface area (Å²) in [6, 6.07) is 7.05. The molecule has 0 saturated heterocycles. The average molecular weight is 376 g/mol. The number of amides is 1. The molecule has 1 aliphatic carbocycles. The summed E-state index contributed by atoms with van der Waals surface area (Å²) in [6.45, 7) is 0.105. The minimum Gasteiger partial charge on any atom is -0.480 e. The third kappa shape index (κ3) is 7.38. The number of benzene rings is 1. The first kappa shape index (κ1) is 20.9. The molecule has 0 aromatic heterocycles. The van der Waals surface area contributed by atoms with E-state index < -0.39 is 29.9 Å². The fraction of sp³-hybridized carbons (Fsp3) is 0.550. The Hall–Kier alpha value is -2.41. The van der Waals surface area contributed by atoms with Crippen LogP contribution in [0.5, 0.6) is 0 Å². The fourth-order valence-electron chi connectivity index (χ4n) is 3.33. The molecule has 1 saturated carbocycles. The van der Waals surface area contributed by atoms with Crippen LogP contribution in [-0.4, -0.2) is 35.0 Å². The van der Waals surface area contributed by atoms with E-state index in [1.54, 1.807) is 0 Å². The number of carboxylic acid groups (broad SMARTS) is 1. The number of esters is 1. The Labute approximate surface area is 159 Å². The maximum atomic E-state index is 12.2. The lowest BCUT2D eigenvalue weighted by Crippen LogP contribution is -2.49. The predicted octanol–water partition coefficient (Wildman–Crippen LogP) is 1.99. The lowest BCUT2D eigenvalue weighted by Gasteiger charge is -2.25. The Morgan fingerprint density at radius 1 is 1.15 bits per heavy atom. The van der Waals surface area contributed by atoms with E-state index in [0.717, 1.165) is 31.2 Å². The summed E-state index contributed by atoms with van der Waals surface area (Å²) in [7, 11) is 0. The van der Waals surface area contributed by atoms with Crippen molar-refractivity contribution in [1.29, 1.82) is 0 Å². The number of carbonyl (C=O) groups is 3. The first-order valence-electron chi connectivity index (χ1n) is 9.44. The lowest BCUT2D eigenvalue weighted by atomic mass is 9.85. The third-order valence-electron chi connectivity index (χ3n) is 4.87. The van der Waals surface area contributed by atoms with Crippen LogP contribution in [0.15, 0.2) is 30.3 Å². The van der Waals surface area contributed by atoms with E-state index >= 15 is 0 Å². The molecule has 1 amide bonds. The van der Waals surface area contributed by atoms with Crippen LogP contribution in [0.1, 0.15) is 50.5 Å². The van der Waals surface area contributed by atoms with E-state index in [0.29, 0.717) is 12.3 Å². The van der Waals surface area contributed by atoms with Crippen LogP contribution in [0.3, 0.4) is 0 Å². The Morgan fingerprint density at radius 3 is 2.44 bits per heavy atom. The van der Waals surface area contributed by atoms with E-state index in [4.69, 9.17) is 10.5 Å². The number of ether oxygens (including phenoxy) is 1. The molecule has 1 fully saturated rings. The van der Waals surface area contributed by atoms with Gasteiger partial charge in [0.1, 0.15) is 12.6 Å². The molecule has 4 N–H and O–H groups in total. The Morgan fingerprint density at radius 2 is 1.81 bits per heavy atom. The molecule has 0 spiro atoms. The summed E-state index contributed by atoms with van der Waals surface area (Å²) >= 11 is 0. The number of rotatable bonds is 9. The number of nitrogens with one attached hydrogen (secondary N) is 1. The molecule has 2 rings (SSSR count). The van der Waals surface area contributed by atoms with Gasteiger partial charge in [0, 0.05) is 0 Å². The van der Waals surface area contributed by atoms with Gasteiger partial charge in [0.05, 0.1) is 12.5 Å². The van der Waals surface area contributed by atoms with Crippen molar-refractivity contribution in [3.63, 3.8) is 0 Å². The van der Waals surface area contributed by atoms with Gasteiger partial charge in [0.15, 0.2) is 0 Å². The van der Waals surface area contributed by atoms with Gasteiger partial charge in [-0.1, -0.05) is 62.4 Å². The molecule has 0 aliphatic heterocycles. The van der Waals surface area contributed by atoms with Gasteiger partial charge in [-0.2, -0.15) is 0 Å². The highest BCUT2D eigenvalue weighted by Crippen LogP contribution is 2.27. The minimum atomic E-state index is -1.14. The maximum Gasteiger partial charge on any atom is 0.326 e. The number of carboxylic acids is 1. The molecule has 1 aromatic carbocycles. The van der Waals surface area contributed by atoms with Crippen molar-refractivity contribution in [1.82, 2.24) is 5.32 Å². The lowest BCUT2D eigenvalue weighted by molar-refractivity contribution is -0.147. The maximum absolute atomic E-state index is 12.2. The molecule has 2 atom stereocenters. The molecule has 1 aliphatic rings. The topological polar surface area (TPSA) is 119 Å². The molecule has 27 heavy (non-hydrogen) atoms. The Balaban J connectivity index is 1.77. The molecule has 0 bridgehead atoms. The van der Waals surface area contributed by atoms with Crippen LogP contribution < -0.4 is 11.1 Å². The number of hydrogen-bond donors (Lipinski definition) is 3. The van der Waals surface area contributed by atoms with Gasteiger partial charge in [0.25, 0.3) is 0 Å². The van der Waals surface area contributed by atoms with Gasteiger partial charge >= 0.3 is 11.9 Å². The van der Waals surface area contributed by atoms with Gasteiger partial charge < -0.3 is 20.9 Å². The molecule has 0 heterocycles. The third-order valence-corrected chi connectivity index (χ3v) is 4.87. The van der Waals surface area contributed by atoms with Gasteiger partial charge in [-0.15, -0.1) is 0 Å². The smallest absolute Gasteiger partial charge is 0.326 e. The summed E-state index contributed by atoms with van der Waals surface area (Å²) < 4.78 is 5.11. The van der Waals surface area contributed by atoms with E-state index in [-0.39, 0.29) is 13.0 Å². The van der Waals surface area contributed by atoms with Crippen molar-refractivity contribution in [3.8, 4) is 0 Å². The summed E-state index contributed by atoms with van der Waals surface area (Å²) in [5.74, 6) is -2.02. The fourth-order valence-corrected chi connectivity index (χ4v) is 3.33. The van der Waals surface area contributed by atoms with Crippen molar-refractivity contribution >= 4 is 17.8 Å². The van der Waals surface area contributed by atoms with Gasteiger partial charge in [-0.05, 0) is 17.9 Å². The van der Waals surface area contributed by atoms with Gasteiger partial charge in [0.2, 0.25) is 5.91 Å². The second-order valence-corrected chi connectivity index (χ2v) is 7.10. The minimum absolute atomic E-state index is 0.105. The van der Waals surface area contributed by atoms with Crippen molar-refractivity contribution in [2.45, 2.75) is 63.6 Å². The highest BCUT2D eigenvalue weighted by Gasteiger charge is 2.28. The molecule has 7 nitrogen and oxygen atoms in total. The van der Waals surface area contributed by atoms with Crippen molar-refractivity contribution in [2.24, 2.45) is 11.7 Å². The van der Waals surface area contributed by atoms with E-state index in [9.17, 15) is 19.5 Å². The Bertz CT molecular complexity index is 629. The highest BCUT2D eigenvalue weighted by atomic mass is 16.5. The summed E-state index contributed by atoms with van der Waals surface area (Å²) in [5, 5.41) is 11.9. The van der Waals surface area contributed by atoms with Crippen LogP contribution in [0.25, 0.3) is 0 Å². The Kier molecular flexibility index (Phi) is 8.26. The molecular weight excluding hydrogens is 348 g/mol. The second kappa shape index (κ2) is 10.7. The molecule has 148 valence electrons.